The number of carbonyl (C=O) groups excluding carboxylic acids is 4. The molecular formula is C31H40F3N5O4. The number of nitrogens with one attached hydrogen (secondary N) is 3. The zero-order valence-corrected chi connectivity index (χ0v) is 24.6. The summed E-state index contributed by atoms with van der Waals surface area (Å²) in [4.78, 5) is 54.6. The van der Waals surface area contributed by atoms with Gasteiger partial charge in [0, 0.05) is 23.9 Å². The maximum atomic E-state index is 14.4. The van der Waals surface area contributed by atoms with Crippen LogP contribution in [-0.2, 0) is 19.2 Å². The van der Waals surface area contributed by atoms with Gasteiger partial charge in [0.15, 0.2) is 0 Å². The molecule has 3 aliphatic heterocycles. The first kappa shape index (κ1) is 28.9. The summed E-state index contributed by atoms with van der Waals surface area (Å²) in [5.41, 5.74) is -1.02. The molecule has 0 aromatic carbocycles. The molecule has 3 heterocycles. The van der Waals surface area contributed by atoms with Crippen molar-refractivity contribution < 1.29 is 32.3 Å². The van der Waals surface area contributed by atoms with Crippen molar-refractivity contribution in [1.29, 1.82) is 5.26 Å². The molecule has 4 amide bonds. The predicted molar refractivity (Wildman–Crippen MR) is 145 cm³/mol. The number of hydrogen-bond donors (Lipinski definition) is 3. The number of nitrogens with zero attached hydrogens (tertiary/aromatic N) is 2. The minimum absolute atomic E-state index is 0.0147. The normalized spacial score (nSPS) is 42.6. The van der Waals surface area contributed by atoms with Gasteiger partial charge in [-0.1, -0.05) is 13.8 Å². The highest BCUT2D eigenvalue weighted by Gasteiger charge is 2.70. The molecule has 3 saturated heterocycles. The fraction of sp³-hybridized carbons (Fsp3) is 0.839. The van der Waals surface area contributed by atoms with Crippen LogP contribution in [-0.4, -0.2) is 65.4 Å². The molecule has 0 aromatic rings. The topological polar surface area (TPSA) is 131 Å². The summed E-state index contributed by atoms with van der Waals surface area (Å²) >= 11 is 0. The van der Waals surface area contributed by atoms with E-state index in [1.807, 2.05) is 13.8 Å². The summed E-state index contributed by atoms with van der Waals surface area (Å²) in [5, 5.41) is 17.8. The van der Waals surface area contributed by atoms with E-state index in [1.54, 1.807) is 0 Å². The van der Waals surface area contributed by atoms with Gasteiger partial charge in [-0.25, -0.2) is 0 Å². The lowest BCUT2D eigenvalue weighted by molar-refractivity contribution is -0.179. The van der Waals surface area contributed by atoms with E-state index in [9.17, 15) is 37.6 Å². The summed E-state index contributed by atoms with van der Waals surface area (Å²) < 4.78 is 40.7. The molecule has 0 radical (unpaired) electrons. The highest BCUT2D eigenvalue weighted by molar-refractivity contribution is 5.95. The number of rotatable bonds is 7. The molecule has 9 nitrogen and oxygen atoms in total. The highest BCUT2D eigenvalue weighted by Crippen LogP contribution is 2.66. The van der Waals surface area contributed by atoms with Crippen LogP contribution >= 0.6 is 0 Å². The fourth-order valence-electron chi connectivity index (χ4n) is 10.8. The molecule has 6 unspecified atom stereocenters. The number of fused-ring (bicyclic) bond motifs is 3. The molecule has 12 heteroatoms. The Balaban J connectivity index is 1.14. The molecule has 0 aromatic heterocycles. The highest BCUT2D eigenvalue weighted by atomic mass is 19.4. The van der Waals surface area contributed by atoms with Crippen molar-refractivity contribution in [3.8, 4) is 6.07 Å². The quantitative estimate of drug-likeness (QED) is 0.412. The van der Waals surface area contributed by atoms with E-state index in [-0.39, 0.29) is 54.0 Å². The molecule has 6 atom stereocenters. The summed E-state index contributed by atoms with van der Waals surface area (Å²) in [6.07, 6.45) is 1.57. The average molecular weight is 604 g/mol. The van der Waals surface area contributed by atoms with Crippen molar-refractivity contribution in [2.75, 3.05) is 6.54 Å². The molecule has 6 aliphatic carbocycles. The van der Waals surface area contributed by atoms with Crippen molar-refractivity contribution >= 4 is 23.6 Å². The Morgan fingerprint density at radius 1 is 1.05 bits per heavy atom. The van der Waals surface area contributed by atoms with Crippen molar-refractivity contribution in [2.45, 2.75) is 102 Å². The largest absolute Gasteiger partial charge is 0.471 e. The molecule has 9 aliphatic rings. The number of hydrogen-bond acceptors (Lipinski definition) is 5. The van der Waals surface area contributed by atoms with E-state index in [1.165, 1.54) is 4.90 Å². The number of piperidine rings is 3. The SMILES string of the molecule is CC1(C)C2CN(C(=O)C(NC(=O)C(F)(F)F)C34CC5CC(CC(C5)C3)C4)C(C(=O)NC(C#N)CC3C(=O)NC4CC3C4)C21. The van der Waals surface area contributed by atoms with Gasteiger partial charge in [0.1, 0.15) is 18.1 Å². The van der Waals surface area contributed by atoms with Crippen LogP contribution in [0.1, 0.15) is 71.6 Å². The number of alkyl halides is 3. The monoisotopic (exact) mass is 603 g/mol. The zero-order chi connectivity index (χ0) is 30.6. The third-order valence-electron chi connectivity index (χ3n) is 12.6. The van der Waals surface area contributed by atoms with Gasteiger partial charge in [-0.2, -0.15) is 18.4 Å². The van der Waals surface area contributed by atoms with Crippen molar-refractivity contribution in [3.05, 3.63) is 0 Å². The Bertz CT molecular complexity index is 1250. The third kappa shape index (κ3) is 4.62. The second kappa shape index (κ2) is 9.58. The van der Waals surface area contributed by atoms with Crippen LogP contribution in [0.2, 0.25) is 0 Å². The second-order valence-electron chi connectivity index (χ2n) is 15.5. The lowest BCUT2D eigenvalue weighted by Crippen LogP contribution is -2.65. The Hall–Kier alpha value is -2.84. The summed E-state index contributed by atoms with van der Waals surface area (Å²) in [7, 11) is 0. The number of halogens is 3. The van der Waals surface area contributed by atoms with Crippen LogP contribution in [0, 0.1) is 63.6 Å². The molecular weight excluding hydrogens is 563 g/mol. The van der Waals surface area contributed by atoms with Gasteiger partial charge in [-0.15, -0.1) is 0 Å². The molecule has 43 heavy (non-hydrogen) atoms. The summed E-state index contributed by atoms with van der Waals surface area (Å²) in [6, 6.07) is -0.967. The number of likely N-dealkylation sites (tertiary alicyclic amines) is 1. The minimum Gasteiger partial charge on any atom is -0.353 e. The first-order valence-electron chi connectivity index (χ1n) is 15.9. The minimum atomic E-state index is -5.14. The van der Waals surface area contributed by atoms with E-state index in [2.05, 4.69) is 22.0 Å². The van der Waals surface area contributed by atoms with Gasteiger partial charge in [-0.3, -0.25) is 19.2 Å². The van der Waals surface area contributed by atoms with Crippen LogP contribution in [0.5, 0.6) is 0 Å². The summed E-state index contributed by atoms with van der Waals surface area (Å²) in [6.45, 7) is 4.23. The van der Waals surface area contributed by atoms with Gasteiger partial charge in [-0.05, 0) is 98.7 Å². The van der Waals surface area contributed by atoms with Crippen molar-refractivity contribution in [1.82, 2.24) is 20.9 Å². The Kier molecular flexibility index (Phi) is 6.44. The Labute approximate surface area is 249 Å². The smallest absolute Gasteiger partial charge is 0.353 e. The van der Waals surface area contributed by atoms with Crippen LogP contribution in [0.25, 0.3) is 0 Å². The van der Waals surface area contributed by atoms with Crippen LogP contribution < -0.4 is 16.0 Å². The van der Waals surface area contributed by atoms with Gasteiger partial charge in [0.2, 0.25) is 17.7 Å². The molecule has 234 valence electrons. The molecule has 6 bridgehead atoms. The van der Waals surface area contributed by atoms with E-state index in [4.69, 9.17) is 0 Å². The van der Waals surface area contributed by atoms with E-state index in [0.717, 1.165) is 32.1 Å². The average Bonchev–Trinajstić information content (AvgIpc) is 3.22. The van der Waals surface area contributed by atoms with Gasteiger partial charge >= 0.3 is 12.1 Å². The fourth-order valence-corrected chi connectivity index (χ4v) is 10.8. The number of carbonyl (C=O) groups is 4. The maximum Gasteiger partial charge on any atom is 0.471 e. The Morgan fingerprint density at radius 2 is 1.65 bits per heavy atom. The number of amides is 4. The lowest BCUT2D eigenvalue weighted by Gasteiger charge is -2.59. The van der Waals surface area contributed by atoms with Crippen molar-refractivity contribution in [2.24, 2.45) is 52.3 Å². The third-order valence-corrected chi connectivity index (χ3v) is 12.6. The maximum absolute atomic E-state index is 14.4. The van der Waals surface area contributed by atoms with E-state index >= 15 is 0 Å². The molecule has 6 saturated carbocycles. The first-order chi connectivity index (χ1) is 20.2. The van der Waals surface area contributed by atoms with Crippen molar-refractivity contribution in [3.63, 3.8) is 0 Å². The summed E-state index contributed by atoms with van der Waals surface area (Å²) in [5.74, 6) is -2.81. The predicted octanol–water partition coefficient (Wildman–Crippen LogP) is 2.66. The van der Waals surface area contributed by atoms with Gasteiger partial charge in [0.25, 0.3) is 0 Å². The van der Waals surface area contributed by atoms with Crippen LogP contribution in [0.15, 0.2) is 0 Å². The number of nitriles is 1. The standard InChI is InChI=1S/C31H40F3N5O4/c1-29(2)21-13-39(23(22(21)29)26(41)37-19(12-35)8-20-17-6-18(7-17)36-25(20)40)27(42)24(38-28(43)31(32,33)34)30-9-14-3-15(10-30)5-16(4-14)11-30/h14-24H,3-11,13H2,1-2H3,(H,36,40)(H,37,41)(H,38,43). The molecule has 9 rings (SSSR count). The van der Waals surface area contributed by atoms with E-state index < -0.39 is 47.4 Å². The van der Waals surface area contributed by atoms with Gasteiger partial charge < -0.3 is 20.9 Å². The second-order valence-corrected chi connectivity index (χ2v) is 15.5. The molecule has 9 fully saturated rings. The van der Waals surface area contributed by atoms with E-state index in [0.29, 0.717) is 37.0 Å². The Morgan fingerprint density at radius 3 is 2.19 bits per heavy atom. The van der Waals surface area contributed by atoms with Crippen LogP contribution in [0.4, 0.5) is 13.2 Å². The molecule has 3 N–H and O–H groups in total. The zero-order valence-electron chi connectivity index (χ0n) is 24.6. The van der Waals surface area contributed by atoms with Crippen LogP contribution in [0.3, 0.4) is 0 Å². The lowest BCUT2D eigenvalue weighted by atomic mass is 9.47. The molecule has 0 spiro atoms. The first-order valence-corrected chi connectivity index (χ1v) is 15.9. The van der Waals surface area contributed by atoms with Gasteiger partial charge in [0.05, 0.1) is 6.07 Å².